The first-order valence-electron chi connectivity index (χ1n) is 6.12. The molecule has 0 saturated heterocycles. The van der Waals surface area contributed by atoms with E-state index < -0.39 is 0 Å². The van der Waals surface area contributed by atoms with Crippen LogP contribution in [-0.2, 0) is 13.0 Å². The molecule has 3 heteroatoms. The number of H-pyrrole nitrogens is 1. The summed E-state index contributed by atoms with van der Waals surface area (Å²) in [5.41, 5.74) is 1.15. The Labute approximate surface area is 110 Å². The summed E-state index contributed by atoms with van der Waals surface area (Å²) in [5, 5.41) is 1.19. The number of thiophene rings is 1. The Morgan fingerprint density at radius 2 is 2.00 bits per heavy atom. The van der Waals surface area contributed by atoms with Gasteiger partial charge in [0.1, 0.15) is 12.4 Å². The van der Waals surface area contributed by atoms with Crippen LogP contribution in [-0.4, -0.2) is 4.98 Å². The van der Waals surface area contributed by atoms with E-state index in [0.29, 0.717) is 6.61 Å². The number of aromatic nitrogens is 1. The Morgan fingerprint density at radius 3 is 2.83 bits per heavy atom. The highest BCUT2D eigenvalue weighted by Gasteiger charge is 2.01. The number of ether oxygens (including phenoxy) is 1. The molecule has 0 aliphatic carbocycles. The van der Waals surface area contributed by atoms with Crippen molar-refractivity contribution in [1.82, 2.24) is 4.98 Å². The van der Waals surface area contributed by atoms with Crippen LogP contribution in [0.4, 0.5) is 0 Å². The highest BCUT2D eigenvalue weighted by molar-refractivity contribution is 7.11. The lowest BCUT2D eigenvalue weighted by molar-refractivity contribution is 0.310. The number of aromatic amines is 1. The Bertz CT molecular complexity index is 653. The standard InChI is InChI=1S/C15H15NOS/c1-2-13-4-5-14(18-13)10-17-12-3-6-15-11(9-12)7-8-16-15/h3-9,16H,2,10H2,1H3. The number of nitrogens with one attached hydrogen (secondary N) is 1. The first-order chi connectivity index (χ1) is 8.85. The smallest absolute Gasteiger partial charge is 0.122 e. The van der Waals surface area contributed by atoms with Crippen LogP contribution < -0.4 is 4.74 Å². The molecule has 0 fully saturated rings. The molecule has 1 aromatic carbocycles. The molecule has 0 atom stereocenters. The lowest BCUT2D eigenvalue weighted by Gasteiger charge is -2.04. The van der Waals surface area contributed by atoms with E-state index in [9.17, 15) is 0 Å². The summed E-state index contributed by atoms with van der Waals surface area (Å²) >= 11 is 1.83. The molecular formula is C15H15NOS. The molecule has 3 aromatic rings. The maximum Gasteiger partial charge on any atom is 0.122 e. The van der Waals surface area contributed by atoms with E-state index in [4.69, 9.17) is 4.74 Å². The summed E-state index contributed by atoms with van der Waals surface area (Å²) in [6.07, 6.45) is 3.04. The predicted molar refractivity (Wildman–Crippen MR) is 76.3 cm³/mol. The van der Waals surface area contributed by atoms with E-state index in [2.05, 4.69) is 42.2 Å². The van der Waals surface area contributed by atoms with Crippen LogP contribution >= 0.6 is 11.3 Å². The fourth-order valence-corrected chi connectivity index (χ4v) is 2.84. The third-order valence-electron chi connectivity index (χ3n) is 2.97. The minimum Gasteiger partial charge on any atom is -0.488 e. The second-order valence-electron chi connectivity index (χ2n) is 4.24. The van der Waals surface area contributed by atoms with Crippen molar-refractivity contribution in [2.45, 2.75) is 20.0 Å². The number of benzene rings is 1. The third kappa shape index (κ3) is 2.27. The Hall–Kier alpha value is -1.74. The molecule has 0 aliphatic rings. The van der Waals surface area contributed by atoms with Crippen LogP contribution in [0.5, 0.6) is 5.75 Å². The molecule has 0 spiro atoms. The fraction of sp³-hybridized carbons (Fsp3) is 0.200. The highest BCUT2D eigenvalue weighted by atomic mass is 32.1. The van der Waals surface area contributed by atoms with Gasteiger partial charge in [-0.3, -0.25) is 0 Å². The number of aryl methyl sites for hydroxylation is 1. The first kappa shape index (κ1) is 11.4. The molecule has 0 aliphatic heterocycles. The Balaban J connectivity index is 1.72. The zero-order valence-electron chi connectivity index (χ0n) is 10.3. The lowest BCUT2D eigenvalue weighted by atomic mass is 10.2. The van der Waals surface area contributed by atoms with Gasteiger partial charge in [-0.05, 0) is 42.8 Å². The quantitative estimate of drug-likeness (QED) is 0.737. The maximum absolute atomic E-state index is 5.82. The van der Waals surface area contributed by atoms with Crippen molar-refractivity contribution in [3.8, 4) is 5.75 Å². The summed E-state index contributed by atoms with van der Waals surface area (Å²) in [5.74, 6) is 0.925. The molecule has 0 radical (unpaired) electrons. The van der Waals surface area contributed by atoms with Crippen LogP contribution in [0, 0.1) is 0 Å². The van der Waals surface area contributed by atoms with Crippen molar-refractivity contribution < 1.29 is 4.74 Å². The molecular weight excluding hydrogens is 242 g/mol. The van der Waals surface area contributed by atoms with E-state index in [-0.39, 0.29) is 0 Å². The molecule has 92 valence electrons. The van der Waals surface area contributed by atoms with Crippen molar-refractivity contribution in [3.05, 3.63) is 52.3 Å². The molecule has 3 rings (SSSR count). The number of hydrogen-bond acceptors (Lipinski definition) is 2. The van der Waals surface area contributed by atoms with E-state index in [0.717, 1.165) is 17.7 Å². The summed E-state index contributed by atoms with van der Waals surface area (Å²) < 4.78 is 5.82. The van der Waals surface area contributed by atoms with Gasteiger partial charge in [-0.2, -0.15) is 0 Å². The van der Waals surface area contributed by atoms with E-state index in [1.54, 1.807) is 0 Å². The van der Waals surface area contributed by atoms with Gasteiger partial charge in [-0.1, -0.05) is 6.92 Å². The topological polar surface area (TPSA) is 25.0 Å². The van der Waals surface area contributed by atoms with Crippen molar-refractivity contribution >= 4 is 22.2 Å². The minimum atomic E-state index is 0.653. The lowest BCUT2D eigenvalue weighted by Crippen LogP contribution is -1.92. The number of hydrogen-bond donors (Lipinski definition) is 1. The van der Waals surface area contributed by atoms with Crippen molar-refractivity contribution in [2.24, 2.45) is 0 Å². The summed E-state index contributed by atoms with van der Waals surface area (Å²) in [6, 6.07) is 12.5. The third-order valence-corrected chi connectivity index (χ3v) is 4.17. The van der Waals surface area contributed by atoms with Gasteiger partial charge in [0.05, 0.1) is 0 Å². The average molecular weight is 257 g/mol. The SMILES string of the molecule is CCc1ccc(COc2ccc3[nH]ccc3c2)s1. The molecule has 0 saturated carbocycles. The molecule has 0 unspecified atom stereocenters. The van der Waals surface area contributed by atoms with Gasteiger partial charge in [0.25, 0.3) is 0 Å². The van der Waals surface area contributed by atoms with Gasteiger partial charge in [-0.15, -0.1) is 11.3 Å². The van der Waals surface area contributed by atoms with Gasteiger partial charge < -0.3 is 9.72 Å². The van der Waals surface area contributed by atoms with Crippen LogP contribution in [0.1, 0.15) is 16.7 Å². The molecule has 0 amide bonds. The van der Waals surface area contributed by atoms with Gasteiger partial charge in [0.15, 0.2) is 0 Å². The largest absolute Gasteiger partial charge is 0.488 e. The molecule has 2 aromatic heterocycles. The molecule has 1 N–H and O–H groups in total. The van der Waals surface area contributed by atoms with Gasteiger partial charge in [0, 0.05) is 26.9 Å². The van der Waals surface area contributed by atoms with Gasteiger partial charge in [-0.25, -0.2) is 0 Å². The second kappa shape index (κ2) is 4.86. The van der Waals surface area contributed by atoms with Crippen molar-refractivity contribution in [2.75, 3.05) is 0 Å². The zero-order valence-corrected chi connectivity index (χ0v) is 11.1. The normalized spacial score (nSPS) is 10.9. The van der Waals surface area contributed by atoms with Crippen LogP contribution in [0.25, 0.3) is 10.9 Å². The Kier molecular flexibility index (Phi) is 3.07. The minimum absolute atomic E-state index is 0.653. The molecule has 2 nitrogen and oxygen atoms in total. The number of rotatable bonds is 4. The summed E-state index contributed by atoms with van der Waals surface area (Å²) in [6.45, 7) is 2.83. The predicted octanol–water partition coefficient (Wildman–Crippen LogP) is 4.37. The summed E-state index contributed by atoms with van der Waals surface area (Å²) in [7, 11) is 0. The molecule has 18 heavy (non-hydrogen) atoms. The fourth-order valence-electron chi connectivity index (χ4n) is 1.97. The Morgan fingerprint density at radius 1 is 1.11 bits per heavy atom. The van der Waals surface area contributed by atoms with Crippen LogP contribution in [0.2, 0.25) is 0 Å². The van der Waals surface area contributed by atoms with Crippen LogP contribution in [0.15, 0.2) is 42.6 Å². The number of fused-ring (bicyclic) bond motifs is 1. The van der Waals surface area contributed by atoms with E-state index >= 15 is 0 Å². The molecule has 0 bridgehead atoms. The van der Waals surface area contributed by atoms with Crippen molar-refractivity contribution in [3.63, 3.8) is 0 Å². The first-order valence-corrected chi connectivity index (χ1v) is 6.94. The van der Waals surface area contributed by atoms with Gasteiger partial charge in [0.2, 0.25) is 0 Å². The van der Waals surface area contributed by atoms with Crippen LogP contribution in [0.3, 0.4) is 0 Å². The average Bonchev–Trinajstić information content (AvgIpc) is 3.04. The van der Waals surface area contributed by atoms with Crippen molar-refractivity contribution in [1.29, 1.82) is 0 Å². The van der Waals surface area contributed by atoms with E-state index in [1.807, 2.05) is 23.6 Å². The zero-order chi connectivity index (χ0) is 12.4. The second-order valence-corrected chi connectivity index (χ2v) is 5.49. The molecule has 2 heterocycles. The monoisotopic (exact) mass is 257 g/mol. The van der Waals surface area contributed by atoms with Gasteiger partial charge >= 0.3 is 0 Å². The summed E-state index contributed by atoms with van der Waals surface area (Å²) in [4.78, 5) is 5.87. The van der Waals surface area contributed by atoms with E-state index in [1.165, 1.54) is 15.1 Å². The highest BCUT2D eigenvalue weighted by Crippen LogP contribution is 2.22. The maximum atomic E-state index is 5.82.